The minimum absolute atomic E-state index is 0.101. The smallest absolute Gasteiger partial charge is 0.104 e. The van der Waals surface area contributed by atoms with Gasteiger partial charge >= 0.3 is 0 Å². The lowest BCUT2D eigenvalue weighted by molar-refractivity contribution is 0.0313. The summed E-state index contributed by atoms with van der Waals surface area (Å²) in [5.74, 6) is 1.45. The van der Waals surface area contributed by atoms with Crippen molar-refractivity contribution in [1.82, 2.24) is 5.32 Å². The largest absolute Gasteiger partial charge is 0.362 e. The van der Waals surface area contributed by atoms with E-state index in [9.17, 15) is 0 Å². The van der Waals surface area contributed by atoms with Crippen molar-refractivity contribution in [2.24, 2.45) is 11.8 Å². The number of hydrogen-bond acceptors (Lipinski definition) is 2. The van der Waals surface area contributed by atoms with Crippen molar-refractivity contribution >= 4 is 0 Å². The maximum Gasteiger partial charge on any atom is 0.104 e. The van der Waals surface area contributed by atoms with Crippen LogP contribution >= 0.6 is 0 Å². The Morgan fingerprint density at radius 3 is 3.36 bits per heavy atom. The van der Waals surface area contributed by atoms with Crippen LogP contribution in [0.2, 0.25) is 0 Å². The summed E-state index contributed by atoms with van der Waals surface area (Å²) in [5, 5.41) is 3.40. The molecule has 0 saturated carbocycles. The molecule has 2 bridgehead atoms. The van der Waals surface area contributed by atoms with Crippen molar-refractivity contribution in [1.29, 1.82) is 0 Å². The first-order valence-corrected chi connectivity index (χ1v) is 4.40. The van der Waals surface area contributed by atoms with Crippen molar-refractivity contribution in [2.45, 2.75) is 18.6 Å². The van der Waals surface area contributed by atoms with Crippen LogP contribution in [0.15, 0.2) is 12.2 Å². The Bertz CT molecular complexity index is 226. The van der Waals surface area contributed by atoms with Gasteiger partial charge in [0, 0.05) is 19.0 Å². The lowest BCUT2D eigenvalue weighted by Gasteiger charge is -2.23. The molecule has 1 spiro atoms. The summed E-state index contributed by atoms with van der Waals surface area (Å²) < 4.78 is 5.92. The van der Waals surface area contributed by atoms with Crippen LogP contribution in [-0.4, -0.2) is 24.8 Å². The summed E-state index contributed by atoms with van der Waals surface area (Å²) in [6, 6.07) is 0. The second-order valence-corrected chi connectivity index (χ2v) is 3.99. The zero-order chi connectivity index (χ0) is 7.47. The van der Waals surface area contributed by atoms with E-state index in [0.717, 1.165) is 24.9 Å². The topological polar surface area (TPSA) is 21.3 Å². The normalized spacial score (nSPS) is 58.8. The minimum atomic E-state index is 0.101. The van der Waals surface area contributed by atoms with Gasteiger partial charge in [0.05, 0.1) is 6.10 Å². The fourth-order valence-electron chi connectivity index (χ4n) is 2.77. The molecule has 0 radical (unpaired) electrons. The average molecular weight is 151 g/mol. The molecule has 0 amide bonds. The SMILES string of the molecule is C[C@@H]1[C@H]2CNC[C@]23C=C[C@H]1O3. The van der Waals surface area contributed by atoms with Crippen LogP contribution in [0, 0.1) is 11.8 Å². The Labute approximate surface area is 66.6 Å². The summed E-state index contributed by atoms with van der Waals surface area (Å²) in [6.45, 7) is 4.46. The standard InChI is InChI=1S/C9H13NO/c1-6-7-4-10-5-9(7)3-2-8(6)11-9/h2-3,6-8,10H,4-5H2,1H3/t6-,7-,8-,9-/m1/s1. The van der Waals surface area contributed by atoms with Crippen molar-refractivity contribution < 1.29 is 4.74 Å². The number of fused-ring (bicyclic) bond motifs is 1. The molecule has 60 valence electrons. The van der Waals surface area contributed by atoms with E-state index in [0.29, 0.717) is 6.10 Å². The van der Waals surface area contributed by atoms with Gasteiger partial charge in [-0.2, -0.15) is 0 Å². The predicted octanol–water partition coefficient (Wildman–Crippen LogP) is 0.549. The summed E-state index contributed by atoms with van der Waals surface area (Å²) in [5.41, 5.74) is 0.101. The first kappa shape index (κ1) is 6.21. The molecule has 0 aromatic heterocycles. The molecular formula is C9H13NO. The highest BCUT2D eigenvalue weighted by Gasteiger charge is 2.56. The minimum Gasteiger partial charge on any atom is -0.362 e. The number of nitrogens with one attached hydrogen (secondary N) is 1. The first-order valence-electron chi connectivity index (χ1n) is 4.40. The fourth-order valence-corrected chi connectivity index (χ4v) is 2.77. The third-order valence-electron chi connectivity index (χ3n) is 3.47. The van der Waals surface area contributed by atoms with E-state index in [1.165, 1.54) is 0 Å². The van der Waals surface area contributed by atoms with Crippen LogP contribution in [0.4, 0.5) is 0 Å². The maximum atomic E-state index is 5.92. The predicted molar refractivity (Wildman–Crippen MR) is 42.3 cm³/mol. The molecule has 0 aromatic rings. The van der Waals surface area contributed by atoms with Crippen LogP contribution in [-0.2, 0) is 4.74 Å². The highest BCUT2D eigenvalue weighted by molar-refractivity contribution is 5.25. The van der Waals surface area contributed by atoms with E-state index in [-0.39, 0.29) is 5.60 Å². The molecule has 3 rings (SSSR count). The molecule has 1 N–H and O–H groups in total. The monoisotopic (exact) mass is 151 g/mol. The average Bonchev–Trinajstić information content (AvgIpc) is 2.61. The molecule has 0 aromatic carbocycles. The molecule has 3 heterocycles. The molecule has 2 fully saturated rings. The van der Waals surface area contributed by atoms with Crippen molar-refractivity contribution in [3.05, 3.63) is 12.2 Å². The summed E-state index contributed by atoms with van der Waals surface area (Å²) in [6.07, 6.45) is 4.92. The van der Waals surface area contributed by atoms with Crippen LogP contribution in [0.3, 0.4) is 0 Å². The Balaban J connectivity index is 2.07. The lowest BCUT2D eigenvalue weighted by Crippen LogP contribution is -2.33. The molecule has 2 saturated heterocycles. The van der Waals surface area contributed by atoms with Gasteiger partial charge in [-0.15, -0.1) is 0 Å². The van der Waals surface area contributed by atoms with Gasteiger partial charge in [-0.05, 0) is 5.92 Å². The molecule has 0 aliphatic carbocycles. The van der Waals surface area contributed by atoms with Gasteiger partial charge in [0.15, 0.2) is 0 Å². The Hall–Kier alpha value is -0.340. The molecular weight excluding hydrogens is 138 g/mol. The Kier molecular flexibility index (Phi) is 0.958. The molecule has 2 heteroatoms. The Morgan fingerprint density at radius 2 is 2.55 bits per heavy atom. The number of ether oxygens (including phenoxy) is 1. The molecule has 3 aliphatic rings. The van der Waals surface area contributed by atoms with Crippen LogP contribution in [0.25, 0.3) is 0 Å². The van der Waals surface area contributed by atoms with Gasteiger partial charge in [0.1, 0.15) is 5.60 Å². The molecule has 2 nitrogen and oxygen atoms in total. The van der Waals surface area contributed by atoms with E-state index in [2.05, 4.69) is 24.4 Å². The zero-order valence-corrected chi connectivity index (χ0v) is 6.71. The van der Waals surface area contributed by atoms with Gasteiger partial charge in [-0.3, -0.25) is 0 Å². The Morgan fingerprint density at radius 1 is 1.64 bits per heavy atom. The third kappa shape index (κ3) is 0.565. The second-order valence-electron chi connectivity index (χ2n) is 3.99. The zero-order valence-electron chi connectivity index (χ0n) is 6.71. The van der Waals surface area contributed by atoms with Crippen molar-refractivity contribution in [3.63, 3.8) is 0 Å². The van der Waals surface area contributed by atoms with E-state index in [1.807, 2.05) is 0 Å². The van der Waals surface area contributed by atoms with E-state index in [4.69, 9.17) is 4.74 Å². The summed E-state index contributed by atoms with van der Waals surface area (Å²) in [7, 11) is 0. The molecule has 0 unspecified atom stereocenters. The highest BCUT2D eigenvalue weighted by atomic mass is 16.5. The summed E-state index contributed by atoms with van der Waals surface area (Å²) >= 11 is 0. The quantitative estimate of drug-likeness (QED) is 0.510. The lowest BCUT2D eigenvalue weighted by atomic mass is 9.79. The molecule has 4 atom stereocenters. The van der Waals surface area contributed by atoms with Crippen LogP contribution in [0.5, 0.6) is 0 Å². The third-order valence-corrected chi connectivity index (χ3v) is 3.47. The fraction of sp³-hybridized carbons (Fsp3) is 0.778. The van der Waals surface area contributed by atoms with Crippen LogP contribution < -0.4 is 5.32 Å². The van der Waals surface area contributed by atoms with E-state index >= 15 is 0 Å². The van der Waals surface area contributed by atoms with Gasteiger partial charge < -0.3 is 10.1 Å². The van der Waals surface area contributed by atoms with Gasteiger partial charge in [-0.1, -0.05) is 19.1 Å². The van der Waals surface area contributed by atoms with Crippen molar-refractivity contribution in [3.8, 4) is 0 Å². The molecule has 3 aliphatic heterocycles. The second kappa shape index (κ2) is 1.70. The summed E-state index contributed by atoms with van der Waals surface area (Å²) in [4.78, 5) is 0. The number of rotatable bonds is 0. The van der Waals surface area contributed by atoms with Gasteiger partial charge in [-0.25, -0.2) is 0 Å². The maximum absolute atomic E-state index is 5.92. The molecule has 11 heavy (non-hydrogen) atoms. The van der Waals surface area contributed by atoms with E-state index < -0.39 is 0 Å². The van der Waals surface area contributed by atoms with Crippen LogP contribution in [0.1, 0.15) is 6.92 Å². The van der Waals surface area contributed by atoms with Crippen molar-refractivity contribution in [2.75, 3.05) is 13.1 Å². The highest BCUT2D eigenvalue weighted by Crippen LogP contribution is 2.48. The van der Waals surface area contributed by atoms with Gasteiger partial charge in [0.25, 0.3) is 0 Å². The van der Waals surface area contributed by atoms with E-state index in [1.54, 1.807) is 0 Å². The first-order chi connectivity index (χ1) is 5.32. The van der Waals surface area contributed by atoms with Gasteiger partial charge in [0.2, 0.25) is 0 Å². The number of hydrogen-bond donors (Lipinski definition) is 1.